The summed E-state index contributed by atoms with van der Waals surface area (Å²) >= 11 is 0. The largest absolute Gasteiger partial charge is 0.347 e. The van der Waals surface area contributed by atoms with Gasteiger partial charge >= 0.3 is 0 Å². The molecule has 1 aliphatic carbocycles. The molecule has 1 aromatic carbocycles. The van der Waals surface area contributed by atoms with Crippen molar-refractivity contribution in [2.75, 3.05) is 0 Å². The number of hydrogen-bond donors (Lipinski definition) is 0. The summed E-state index contributed by atoms with van der Waals surface area (Å²) < 4.78 is 2.46. The van der Waals surface area contributed by atoms with Crippen LogP contribution < -0.4 is 0 Å². The average molecular weight is 225 g/mol. The molecule has 0 radical (unpaired) electrons. The fourth-order valence-corrected chi connectivity index (χ4v) is 2.71. The molecule has 1 aromatic heterocycles. The molecule has 1 heterocycles. The molecule has 0 amide bonds. The van der Waals surface area contributed by atoms with Crippen LogP contribution in [0.1, 0.15) is 25.0 Å². The van der Waals surface area contributed by atoms with Gasteiger partial charge in [-0.25, -0.2) is 0 Å². The van der Waals surface area contributed by atoms with Crippen molar-refractivity contribution in [3.8, 4) is 11.3 Å². The van der Waals surface area contributed by atoms with Gasteiger partial charge in [0.2, 0.25) is 0 Å². The van der Waals surface area contributed by atoms with E-state index in [1.54, 1.807) is 11.1 Å². The van der Waals surface area contributed by atoms with E-state index in [9.17, 15) is 0 Å². The average Bonchev–Trinajstić information content (AvgIpc) is 2.52. The second-order valence-electron chi connectivity index (χ2n) is 5.39. The Morgan fingerprint density at radius 2 is 1.88 bits per heavy atom. The van der Waals surface area contributed by atoms with Crippen LogP contribution in [0.5, 0.6) is 0 Å². The third kappa shape index (κ3) is 1.80. The number of rotatable bonds is 3. The number of nitrogens with zero attached hydrogens (tertiary/aromatic N) is 1. The SMILES string of the molecule is CC(C)Cn1cc2c(c1-c1ccccc1)CC2. The standard InChI is InChI=1S/C16H19N/c1-12(2)10-17-11-14-8-9-15(14)16(17)13-6-4-3-5-7-13/h3-7,11-12H,8-10H2,1-2H3. The Balaban J connectivity index is 2.09. The summed E-state index contributed by atoms with van der Waals surface area (Å²) in [6, 6.07) is 10.8. The van der Waals surface area contributed by atoms with Gasteiger partial charge in [0.05, 0.1) is 5.69 Å². The number of benzene rings is 1. The lowest BCUT2D eigenvalue weighted by Crippen LogP contribution is -2.07. The topological polar surface area (TPSA) is 4.93 Å². The highest BCUT2D eigenvalue weighted by Crippen LogP contribution is 2.35. The number of hydrogen-bond acceptors (Lipinski definition) is 0. The molecule has 17 heavy (non-hydrogen) atoms. The fourth-order valence-electron chi connectivity index (χ4n) is 2.71. The first-order valence-corrected chi connectivity index (χ1v) is 6.52. The molecule has 0 saturated carbocycles. The minimum Gasteiger partial charge on any atom is -0.347 e. The van der Waals surface area contributed by atoms with Crippen LogP contribution in [-0.2, 0) is 19.4 Å². The Bertz CT molecular complexity index is 520. The van der Waals surface area contributed by atoms with Gasteiger partial charge in [-0.3, -0.25) is 0 Å². The molecule has 1 aliphatic rings. The zero-order valence-corrected chi connectivity index (χ0v) is 10.6. The smallest absolute Gasteiger partial charge is 0.0515 e. The fraction of sp³-hybridized carbons (Fsp3) is 0.375. The molecular weight excluding hydrogens is 206 g/mol. The Morgan fingerprint density at radius 3 is 2.47 bits per heavy atom. The lowest BCUT2D eigenvalue weighted by molar-refractivity contribution is 0.528. The molecule has 0 aliphatic heterocycles. The van der Waals surface area contributed by atoms with Gasteiger partial charge in [-0.1, -0.05) is 44.2 Å². The Kier molecular flexibility index (Phi) is 2.54. The van der Waals surface area contributed by atoms with E-state index in [-0.39, 0.29) is 0 Å². The highest BCUT2D eigenvalue weighted by molar-refractivity contribution is 5.68. The number of aryl methyl sites for hydroxylation is 1. The maximum absolute atomic E-state index is 2.46. The maximum Gasteiger partial charge on any atom is 0.0515 e. The number of fused-ring (bicyclic) bond motifs is 1. The van der Waals surface area contributed by atoms with Gasteiger partial charge in [0.1, 0.15) is 0 Å². The highest BCUT2D eigenvalue weighted by Gasteiger charge is 2.23. The third-order valence-electron chi connectivity index (χ3n) is 3.53. The minimum atomic E-state index is 0.698. The van der Waals surface area contributed by atoms with Gasteiger partial charge in [0.25, 0.3) is 0 Å². The van der Waals surface area contributed by atoms with Gasteiger partial charge in [-0.15, -0.1) is 0 Å². The molecule has 1 heteroatoms. The molecular formula is C16H19N. The van der Waals surface area contributed by atoms with Gasteiger partial charge in [-0.2, -0.15) is 0 Å². The molecule has 1 nitrogen and oxygen atoms in total. The van der Waals surface area contributed by atoms with E-state index in [1.165, 1.54) is 24.1 Å². The summed E-state index contributed by atoms with van der Waals surface area (Å²) in [4.78, 5) is 0. The molecule has 0 N–H and O–H groups in total. The summed E-state index contributed by atoms with van der Waals surface area (Å²) in [5.41, 5.74) is 5.97. The van der Waals surface area contributed by atoms with Crippen LogP contribution in [-0.4, -0.2) is 4.57 Å². The number of aromatic nitrogens is 1. The monoisotopic (exact) mass is 225 g/mol. The van der Waals surface area contributed by atoms with Crippen molar-refractivity contribution in [3.05, 3.63) is 47.7 Å². The van der Waals surface area contributed by atoms with Crippen LogP contribution >= 0.6 is 0 Å². The predicted octanol–water partition coefficient (Wildman–Crippen LogP) is 3.91. The molecule has 0 spiro atoms. The van der Waals surface area contributed by atoms with Crippen LogP contribution in [0.2, 0.25) is 0 Å². The summed E-state index contributed by atoms with van der Waals surface area (Å²) in [6.07, 6.45) is 4.88. The molecule has 88 valence electrons. The first-order chi connectivity index (χ1) is 8.25. The van der Waals surface area contributed by atoms with E-state index < -0.39 is 0 Å². The van der Waals surface area contributed by atoms with Crippen molar-refractivity contribution in [1.82, 2.24) is 4.57 Å². The molecule has 2 aromatic rings. The van der Waals surface area contributed by atoms with Crippen LogP contribution in [0, 0.1) is 5.92 Å². The quantitative estimate of drug-likeness (QED) is 0.746. The van der Waals surface area contributed by atoms with Gasteiger partial charge in [0, 0.05) is 12.7 Å². The zero-order chi connectivity index (χ0) is 11.8. The highest BCUT2D eigenvalue weighted by atomic mass is 15.0. The van der Waals surface area contributed by atoms with Crippen molar-refractivity contribution in [1.29, 1.82) is 0 Å². The van der Waals surface area contributed by atoms with Gasteiger partial charge in [-0.05, 0) is 35.4 Å². The zero-order valence-electron chi connectivity index (χ0n) is 10.6. The van der Waals surface area contributed by atoms with Crippen LogP contribution in [0.3, 0.4) is 0 Å². The predicted molar refractivity (Wildman–Crippen MR) is 72.1 cm³/mol. The minimum absolute atomic E-state index is 0.698. The molecule has 0 atom stereocenters. The van der Waals surface area contributed by atoms with Crippen molar-refractivity contribution in [3.63, 3.8) is 0 Å². The van der Waals surface area contributed by atoms with E-state index >= 15 is 0 Å². The second-order valence-corrected chi connectivity index (χ2v) is 5.39. The summed E-state index contributed by atoms with van der Waals surface area (Å²) in [5.74, 6) is 0.698. The lowest BCUT2D eigenvalue weighted by atomic mass is 9.89. The van der Waals surface area contributed by atoms with Gasteiger partial charge < -0.3 is 4.57 Å². The van der Waals surface area contributed by atoms with Crippen molar-refractivity contribution >= 4 is 0 Å². The Labute approximate surface area is 103 Å². The van der Waals surface area contributed by atoms with E-state index in [4.69, 9.17) is 0 Å². The van der Waals surface area contributed by atoms with Crippen LogP contribution in [0.25, 0.3) is 11.3 Å². The first-order valence-electron chi connectivity index (χ1n) is 6.52. The lowest BCUT2D eigenvalue weighted by Gasteiger charge is -2.16. The first kappa shape index (κ1) is 10.6. The van der Waals surface area contributed by atoms with E-state index in [1.807, 2.05) is 0 Å². The molecule has 0 unspecified atom stereocenters. The van der Waals surface area contributed by atoms with Crippen LogP contribution in [0.15, 0.2) is 36.5 Å². The van der Waals surface area contributed by atoms with Crippen molar-refractivity contribution in [2.45, 2.75) is 33.2 Å². The third-order valence-corrected chi connectivity index (χ3v) is 3.53. The normalized spacial score (nSPS) is 13.6. The van der Waals surface area contributed by atoms with E-state index in [2.05, 4.69) is 54.9 Å². The molecule has 3 rings (SSSR count). The summed E-state index contributed by atoms with van der Waals surface area (Å²) in [5, 5.41) is 0. The Morgan fingerprint density at radius 1 is 1.12 bits per heavy atom. The summed E-state index contributed by atoms with van der Waals surface area (Å²) in [7, 11) is 0. The van der Waals surface area contributed by atoms with Crippen LogP contribution in [0.4, 0.5) is 0 Å². The Hall–Kier alpha value is -1.50. The molecule has 0 bridgehead atoms. The second kappa shape index (κ2) is 4.06. The molecule has 0 fully saturated rings. The van der Waals surface area contributed by atoms with E-state index in [0.717, 1.165) is 6.54 Å². The van der Waals surface area contributed by atoms with Crippen molar-refractivity contribution in [2.24, 2.45) is 5.92 Å². The van der Waals surface area contributed by atoms with Gasteiger partial charge in [0.15, 0.2) is 0 Å². The maximum atomic E-state index is 2.46. The summed E-state index contributed by atoms with van der Waals surface area (Å²) in [6.45, 7) is 5.69. The van der Waals surface area contributed by atoms with E-state index in [0.29, 0.717) is 5.92 Å². The molecule has 0 saturated heterocycles. The van der Waals surface area contributed by atoms with Crippen molar-refractivity contribution < 1.29 is 0 Å².